The second-order valence-electron chi connectivity index (χ2n) is 1.86. The van der Waals surface area contributed by atoms with Crippen molar-refractivity contribution in [2.24, 2.45) is 0 Å². The van der Waals surface area contributed by atoms with Crippen molar-refractivity contribution >= 4 is 5.97 Å². The molecule has 0 aromatic rings. The summed E-state index contributed by atoms with van der Waals surface area (Å²) >= 11 is 0. The Balaban J connectivity index is 3.63. The molecule has 0 aliphatic rings. The number of rotatable bonds is 3. The van der Waals surface area contributed by atoms with Gasteiger partial charge in [0.15, 0.2) is 0 Å². The third-order valence-electron chi connectivity index (χ3n) is 1.06. The van der Waals surface area contributed by atoms with Crippen LogP contribution >= 0.6 is 0 Å². The van der Waals surface area contributed by atoms with Crippen LogP contribution in [0.5, 0.6) is 0 Å². The molecule has 0 aliphatic carbocycles. The van der Waals surface area contributed by atoms with Gasteiger partial charge in [-0.2, -0.15) is 5.48 Å². The highest BCUT2D eigenvalue weighted by Crippen LogP contribution is 1.92. The van der Waals surface area contributed by atoms with Crippen LogP contribution in [0, 0.1) is 0 Å². The Morgan fingerprint density at radius 1 is 1.70 bits per heavy atom. The molecule has 0 heterocycles. The fraction of sp³-hybridized carbons (Fsp3) is 0.571. The standard InChI is InChI=1S/C7H13NO2/c1-4-6(3)7(9)10-8-5-2/h4,8H,5H2,1-3H3. The van der Waals surface area contributed by atoms with E-state index in [2.05, 4.69) is 10.3 Å². The first kappa shape index (κ1) is 9.17. The van der Waals surface area contributed by atoms with Gasteiger partial charge in [0.2, 0.25) is 0 Å². The monoisotopic (exact) mass is 143 g/mol. The zero-order chi connectivity index (χ0) is 7.98. The molecule has 58 valence electrons. The summed E-state index contributed by atoms with van der Waals surface area (Å²) in [6, 6.07) is 0. The van der Waals surface area contributed by atoms with Crippen LogP contribution in [0.15, 0.2) is 11.6 Å². The number of hydroxylamine groups is 1. The highest BCUT2D eigenvalue weighted by atomic mass is 16.7. The van der Waals surface area contributed by atoms with Gasteiger partial charge in [-0.25, -0.2) is 4.79 Å². The predicted octanol–water partition coefficient (Wildman–Crippen LogP) is 1.02. The van der Waals surface area contributed by atoms with Crippen molar-refractivity contribution in [2.45, 2.75) is 20.8 Å². The molecule has 0 saturated heterocycles. The molecular formula is C7H13NO2. The summed E-state index contributed by atoms with van der Waals surface area (Å²) in [5, 5.41) is 0. The fourth-order valence-corrected chi connectivity index (χ4v) is 0.336. The molecule has 0 aromatic heterocycles. The van der Waals surface area contributed by atoms with Gasteiger partial charge in [-0.3, -0.25) is 0 Å². The van der Waals surface area contributed by atoms with E-state index in [-0.39, 0.29) is 5.97 Å². The molecule has 0 bridgehead atoms. The Morgan fingerprint density at radius 3 is 2.70 bits per heavy atom. The molecule has 0 saturated carbocycles. The van der Waals surface area contributed by atoms with E-state index in [4.69, 9.17) is 0 Å². The van der Waals surface area contributed by atoms with Crippen molar-refractivity contribution < 1.29 is 9.63 Å². The molecule has 0 rings (SSSR count). The Bertz CT molecular complexity index is 141. The summed E-state index contributed by atoms with van der Waals surface area (Å²) in [4.78, 5) is 15.4. The third kappa shape index (κ3) is 3.25. The molecule has 0 amide bonds. The molecule has 3 heteroatoms. The fourth-order valence-electron chi connectivity index (χ4n) is 0.336. The van der Waals surface area contributed by atoms with Crippen LogP contribution in [-0.2, 0) is 9.63 Å². The van der Waals surface area contributed by atoms with Crippen LogP contribution in [-0.4, -0.2) is 12.5 Å². The smallest absolute Gasteiger partial charge is 0.352 e. The molecule has 0 unspecified atom stereocenters. The van der Waals surface area contributed by atoms with Gasteiger partial charge in [0.05, 0.1) is 0 Å². The SMILES string of the molecule is CC=C(C)C(=O)ONCC. The van der Waals surface area contributed by atoms with Crippen molar-refractivity contribution in [3.8, 4) is 0 Å². The summed E-state index contributed by atoms with van der Waals surface area (Å²) in [5.41, 5.74) is 3.08. The lowest BCUT2D eigenvalue weighted by Crippen LogP contribution is -2.19. The highest BCUT2D eigenvalue weighted by molar-refractivity contribution is 5.87. The summed E-state index contributed by atoms with van der Waals surface area (Å²) in [7, 11) is 0. The van der Waals surface area contributed by atoms with E-state index in [1.54, 1.807) is 19.9 Å². The Morgan fingerprint density at radius 2 is 2.30 bits per heavy atom. The Labute approximate surface area is 61.0 Å². The second-order valence-corrected chi connectivity index (χ2v) is 1.86. The van der Waals surface area contributed by atoms with E-state index in [0.29, 0.717) is 12.1 Å². The average molecular weight is 143 g/mol. The molecule has 0 radical (unpaired) electrons. The van der Waals surface area contributed by atoms with Crippen LogP contribution in [0.3, 0.4) is 0 Å². The normalized spacial score (nSPS) is 11.3. The van der Waals surface area contributed by atoms with Gasteiger partial charge < -0.3 is 4.84 Å². The van der Waals surface area contributed by atoms with Gasteiger partial charge in [0, 0.05) is 12.1 Å². The van der Waals surface area contributed by atoms with E-state index in [1.165, 1.54) is 0 Å². The van der Waals surface area contributed by atoms with Gasteiger partial charge in [-0.15, -0.1) is 0 Å². The van der Waals surface area contributed by atoms with E-state index < -0.39 is 0 Å². The summed E-state index contributed by atoms with van der Waals surface area (Å²) in [5.74, 6) is -0.315. The molecule has 0 fully saturated rings. The summed E-state index contributed by atoms with van der Waals surface area (Å²) < 4.78 is 0. The largest absolute Gasteiger partial charge is 0.367 e. The molecule has 1 N–H and O–H groups in total. The van der Waals surface area contributed by atoms with Crippen LogP contribution in [0.2, 0.25) is 0 Å². The quantitative estimate of drug-likeness (QED) is 0.473. The minimum Gasteiger partial charge on any atom is -0.367 e. The van der Waals surface area contributed by atoms with Crippen LogP contribution in [0.25, 0.3) is 0 Å². The Kier molecular flexibility index (Phi) is 4.58. The number of carbonyl (C=O) groups excluding carboxylic acids is 1. The minimum absolute atomic E-state index is 0.315. The molecule has 0 aromatic carbocycles. The summed E-state index contributed by atoms with van der Waals surface area (Å²) in [6.07, 6.45) is 1.71. The van der Waals surface area contributed by atoms with Crippen LogP contribution in [0.4, 0.5) is 0 Å². The van der Waals surface area contributed by atoms with Crippen LogP contribution in [0.1, 0.15) is 20.8 Å². The first-order valence-electron chi connectivity index (χ1n) is 3.29. The van der Waals surface area contributed by atoms with E-state index in [0.717, 1.165) is 0 Å². The van der Waals surface area contributed by atoms with Crippen LogP contribution < -0.4 is 5.48 Å². The number of allylic oxidation sites excluding steroid dienone is 1. The number of hydrogen-bond acceptors (Lipinski definition) is 3. The number of hydrogen-bond donors (Lipinski definition) is 1. The maximum Gasteiger partial charge on any atom is 0.352 e. The lowest BCUT2D eigenvalue weighted by Gasteiger charge is -2.01. The highest BCUT2D eigenvalue weighted by Gasteiger charge is 2.01. The number of carbonyl (C=O) groups is 1. The van der Waals surface area contributed by atoms with E-state index in [1.807, 2.05) is 6.92 Å². The van der Waals surface area contributed by atoms with Gasteiger partial charge in [-0.05, 0) is 20.8 Å². The number of nitrogens with one attached hydrogen (secondary N) is 1. The first-order valence-corrected chi connectivity index (χ1v) is 3.29. The molecular weight excluding hydrogens is 130 g/mol. The molecule has 0 atom stereocenters. The Hall–Kier alpha value is -0.830. The molecule has 0 spiro atoms. The van der Waals surface area contributed by atoms with Crippen molar-refractivity contribution in [2.75, 3.05) is 6.54 Å². The van der Waals surface area contributed by atoms with E-state index in [9.17, 15) is 4.79 Å². The van der Waals surface area contributed by atoms with Crippen molar-refractivity contribution in [3.05, 3.63) is 11.6 Å². The van der Waals surface area contributed by atoms with Crippen molar-refractivity contribution in [1.29, 1.82) is 0 Å². The molecule has 3 nitrogen and oxygen atoms in total. The maximum absolute atomic E-state index is 10.8. The lowest BCUT2D eigenvalue weighted by atomic mass is 10.3. The van der Waals surface area contributed by atoms with Crippen molar-refractivity contribution in [1.82, 2.24) is 5.48 Å². The summed E-state index contributed by atoms with van der Waals surface area (Å²) in [6.45, 7) is 5.99. The predicted molar refractivity (Wildman–Crippen MR) is 39.2 cm³/mol. The van der Waals surface area contributed by atoms with Gasteiger partial charge in [-0.1, -0.05) is 6.08 Å². The van der Waals surface area contributed by atoms with Gasteiger partial charge >= 0.3 is 5.97 Å². The van der Waals surface area contributed by atoms with E-state index >= 15 is 0 Å². The maximum atomic E-state index is 10.8. The molecule has 0 aliphatic heterocycles. The lowest BCUT2D eigenvalue weighted by molar-refractivity contribution is -0.145. The third-order valence-corrected chi connectivity index (χ3v) is 1.06. The first-order chi connectivity index (χ1) is 4.72. The second kappa shape index (κ2) is 4.99. The van der Waals surface area contributed by atoms with Crippen molar-refractivity contribution in [3.63, 3.8) is 0 Å². The zero-order valence-corrected chi connectivity index (χ0v) is 6.60. The zero-order valence-electron chi connectivity index (χ0n) is 6.60. The topological polar surface area (TPSA) is 38.3 Å². The minimum atomic E-state index is -0.315. The average Bonchev–Trinajstić information content (AvgIpc) is 1.98. The van der Waals surface area contributed by atoms with Gasteiger partial charge in [0.1, 0.15) is 0 Å². The molecule has 10 heavy (non-hydrogen) atoms. The van der Waals surface area contributed by atoms with Gasteiger partial charge in [0.25, 0.3) is 0 Å².